The smallest absolute Gasteiger partial charge is 0.376 e. The van der Waals surface area contributed by atoms with Crippen LogP contribution in [0.15, 0.2) is 133 Å². The molecule has 0 N–H and O–H groups in total. The van der Waals surface area contributed by atoms with Crippen molar-refractivity contribution in [1.29, 1.82) is 0 Å². The van der Waals surface area contributed by atoms with Gasteiger partial charge in [0.05, 0.1) is 10.4 Å². The molecule has 2 aromatic heterocycles. The van der Waals surface area contributed by atoms with E-state index in [2.05, 4.69) is 30.3 Å². The third-order valence-electron chi connectivity index (χ3n) is 7.99. The quantitative estimate of drug-likeness (QED) is 0.129. The second-order valence-corrected chi connectivity index (χ2v) is 14.6. The summed E-state index contributed by atoms with van der Waals surface area (Å²) >= 11 is 3.21. The Morgan fingerprint density at radius 2 is 1.09 bits per heavy atom. The van der Waals surface area contributed by atoms with Gasteiger partial charge in [0.15, 0.2) is 0 Å². The van der Waals surface area contributed by atoms with Gasteiger partial charge >= 0.3 is 15.6 Å². The number of anilines is 3. The van der Waals surface area contributed by atoms with Crippen LogP contribution in [0.25, 0.3) is 51.5 Å². The molecule has 0 fully saturated rings. The van der Waals surface area contributed by atoms with Crippen molar-refractivity contribution in [2.24, 2.45) is 0 Å². The highest BCUT2D eigenvalue weighted by Crippen LogP contribution is 2.48. The molecule has 0 saturated carbocycles. The van der Waals surface area contributed by atoms with E-state index in [0.717, 1.165) is 42.7 Å². The average Bonchev–Trinajstić information content (AvgIpc) is 3.63. The van der Waals surface area contributed by atoms with E-state index in [4.69, 9.17) is 4.18 Å². The maximum absolute atomic E-state index is 13.5. The fourth-order valence-electron chi connectivity index (χ4n) is 5.89. The number of benzene rings is 6. The maximum atomic E-state index is 13.5. The van der Waals surface area contributed by atoms with E-state index in [-0.39, 0.29) is 0 Å². The number of rotatable bonds is 6. The summed E-state index contributed by atoms with van der Waals surface area (Å²) in [6, 6.07) is 42.1. The number of halogens is 3. The lowest BCUT2D eigenvalue weighted by molar-refractivity contribution is -0.0500. The van der Waals surface area contributed by atoms with Crippen molar-refractivity contribution in [1.82, 2.24) is 0 Å². The summed E-state index contributed by atoms with van der Waals surface area (Å²) in [6.45, 7) is 0. The van der Waals surface area contributed by atoms with Crippen LogP contribution in [0.5, 0.6) is 5.75 Å². The number of hydrogen-bond donors (Lipinski definition) is 0. The van der Waals surface area contributed by atoms with Gasteiger partial charge in [0, 0.05) is 53.1 Å². The molecule has 0 radical (unpaired) electrons. The first-order chi connectivity index (χ1) is 22.7. The van der Waals surface area contributed by atoms with Crippen molar-refractivity contribution in [2.75, 3.05) is 4.90 Å². The van der Waals surface area contributed by atoms with Crippen molar-refractivity contribution in [3.63, 3.8) is 0 Å². The fourth-order valence-corrected chi connectivity index (χ4v) is 8.59. The lowest BCUT2D eigenvalue weighted by Crippen LogP contribution is -2.28. The Hall–Kier alpha value is -4.90. The molecule has 6 aromatic carbocycles. The van der Waals surface area contributed by atoms with Crippen LogP contribution in [0, 0.1) is 0 Å². The lowest BCUT2D eigenvalue weighted by atomic mass is 10.0. The third kappa shape index (κ3) is 5.18. The highest BCUT2D eigenvalue weighted by atomic mass is 32.2. The van der Waals surface area contributed by atoms with E-state index in [0.29, 0.717) is 11.1 Å². The zero-order valence-electron chi connectivity index (χ0n) is 24.2. The minimum atomic E-state index is -5.93. The van der Waals surface area contributed by atoms with Crippen molar-refractivity contribution in [2.45, 2.75) is 5.51 Å². The van der Waals surface area contributed by atoms with E-state index in [1.807, 2.05) is 95.9 Å². The highest BCUT2D eigenvalue weighted by molar-refractivity contribution is 7.88. The van der Waals surface area contributed by atoms with Crippen LogP contribution in [-0.2, 0) is 10.1 Å². The second-order valence-electron chi connectivity index (χ2n) is 10.9. The van der Waals surface area contributed by atoms with Gasteiger partial charge in [-0.05, 0) is 71.8 Å². The molecule has 0 aliphatic heterocycles. The van der Waals surface area contributed by atoms with Gasteiger partial charge in [0.1, 0.15) is 5.75 Å². The number of thiophene rings is 2. The number of para-hydroxylation sites is 2. The highest BCUT2D eigenvalue weighted by Gasteiger charge is 2.48. The average molecular weight is 682 g/mol. The molecule has 232 valence electrons. The van der Waals surface area contributed by atoms with Crippen molar-refractivity contribution in [3.8, 4) is 16.9 Å². The molecule has 10 heteroatoms. The first kappa shape index (κ1) is 29.5. The van der Waals surface area contributed by atoms with E-state index >= 15 is 0 Å². The van der Waals surface area contributed by atoms with Gasteiger partial charge < -0.3 is 9.08 Å². The molecule has 0 amide bonds. The Morgan fingerprint density at radius 1 is 0.553 bits per heavy atom. The fraction of sp³-hybridized carbons (Fsp3) is 0.0270. The molecule has 0 atom stereocenters. The van der Waals surface area contributed by atoms with Crippen molar-refractivity contribution >= 4 is 90.2 Å². The molecule has 0 bridgehead atoms. The van der Waals surface area contributed by atoms with Crippen LogP contribution in [0.2, 0.25) is 0 Å². The molecule has 0 aliphatic carbocycles. The molecule has 8 aromatic rings. The molecular weight excluding hydrogens is 660 g/mol. The molecular formula is C37H22F3NO3S3. The Morgan fingerprint density at radius 3 is 1.70 bits per heavy atom. The largest absolute Gasteiger partial charge is 0.534 e. The Kier molecular flexibility index (Phi) is 6.98. The molecule has 0 aliphatic rings. The predicted molar refractivity (Wildman–Crippen MR) is 188 cm³/mol. The molecule has 2 heterocycles. The number of hydrogen-bond acceptors (Lipinski definition) is 6. The molecule has 0 unspecified atom stereocenters. The summed E-state index contributed by atoms with van der Waals surface area (Å²) in [5.74, 6) is -0.432. The monoisotopic (exact) mass is 681 g/mol. The number of alkyl halides is 3. The summed E-state index contributed by atoms with van der Waals surface area (Å²) in [7, 11) is -5.93. The topological polar surface area (TPSA) is 46.6 Å². The SMILES string of the molecule is O=S(=O)(Oc1cc(N(c2ccccc2)c2ccccc2)c2sc3ccc(-c4ccc5sc6ccccc6c5c4)cc3c2c1)C(F)(F)F. The van der Waals surface area contributed by atoms with Crippen molar-refractivity contribution in [3.05, 3.63) is 133 Å². The van der Waals surface area contributed by atoms with Gasteiger partial charge in [-0.3, -0.25) is 0 Å². The summed E-state index contributed by atoms with van der Waals surface area (Å²) < 4.78 is 73.9. The van der Waals surface area contributed by atoms with Gasteiger partial charge in [0.25, 0.3) is 0 Å². The maximum Gasteiger partial charge on any atom is 0.534 e. The van der Waals surface area contributed by atoms with E-state index < -0.39 is 21.4 Å². The summed E-state index contributed by atoms with van der Waals surface area (Å²) in [6.07, 6.45) is 0. The molecule has 0 saturated heterocycles. The van der Waals surface area contributed by atoms with Crippen LogP contribution in [0.4, 0.5) is 30.2 Å². The predicted octanol–water partition coefficient (Wildman–Crippen LogP) is 11.8. The normalized spacial score (nSPS) is 12.3. The van der Waals surface area contributed by atoms with E-state index in [1.165, 1.54) is 38.3 Å². The Balaban J connectivity index is 1.37. The van der Waals surface area contributed by atoms with Gasteiger partial charge in [-0.2, -0.15) is 21.6 Å². The number of nitrogens with zero attached hydrogens (tertiary/aromatic N) is 1. The van der Waals surface area contributed by atoms with Crippen LogP contribution >= 0.6 is 22.7 Å². The van der Waals surface area contributed by atoms with Crippen LogP contribution in [0.1, 0.15) is 0 Å². The van der Waals surface area contributed by atoms with E-state index in [9.17, 15) is 21.6 Å². The zero-order chi connectivity index (χ0) is 32.3. The Labute approximate surface area is 275 Å². The first-order valence-corrected chi connectivity index (χ1v) is 17.5. The molecule has 47 heavy (non-hydrogen) atoms. The van der Waals surface area contributed by atoms with Crippen LogP contribution in [-0.4, -0.2) is 13.9 Å². The van der Waals surface area contributed by atoms with Gasteiger partial charge in [-0.25, -0.2) is 0 Å². The van der Waals surface area contributed by atoms with Gasteiger partial charge in [-0.15, -0.1) is 22.7 Å². The molecule has 0 spiro atoms. The van der Waals surface area contributed by atoms with E-state index in [1.54, 1.807) is 11.3 Å². The minimum absolute atomic E-state index is 0.432. The second kappa shape index (κ2) is 11.1. The third-order valence-corrected chi connectivity index (χ3v) is 11.3. The summed E-state index contributed by atoms with van der Waals surface area (Å²) in [5, 5.41) is 3.68. The van der Waals surface area contributed by atoms with Gasteiger partial charge in [0.2, 0.25) is 0 Å². The van der Waals surface area contributed by atoms with Crippen LogP contribution < -0.4 is 9.08 Å². The molecule has 8 rings (SSSR count). The number of fused-ring (bicyclic) bond motifs is 6. The minimum Gasteiger partial charge on any atom is -0.376 e. The van der Waals surface area contributed by atoms with Crippen LogP contribution in [0.3, 0.4) is 0 Å². The van der Waals surface area contributed by atoms with Gasteiger partial charge in [-0.1, -0.05) is 66.7 Å². The first-order valence-electron chi connectivity index (χ1n) is 14.5. The Bertz CT molecular complexity index is 2520. The lowest BCUT2D eigenvalue weighted by Gasteiger charge is -2.26. The van der Waals surface area contributed by atoms with Crippen molar-refractivity contribution < 1.29 is 25.8 Å². The summed E-state index contributed by atoms with van der Waals surface area (Å²) in [4.78, 5) is 1.89. The standard InChI is InChI=1S/C37H22F3NO3S3/c38-37(39,40)47(42,43)44-27-21-31-30-20-24(23-15-17-34-29(19-23)28-13-7-8-14-33(28)45-34)16-18-35(30)46-36(31)32(22-27)41(25-9-3-1-4-10-25)26-11-5-2-6-12-26/h1-22H. The molecule has 4 nitrogen and oxygen atoms in total. The zero-order valence-corrected chi connectivity index (χ0v) is 26.7. The summed E-state index contributed by atoms with van der Waals surface area (Å²) in [5.41, 5.74) is -1.70.